The fraction of sp³-hybridized carbons (Fsp3) is 0.750. The number of anilines is 2. The molecule has 5 heteroatoms. The van der Waals surface area contributed by atoms with E-state index in [-0.39, 0.29) is 12.1 Å². The average Bonchev–Trinajstić information content (AvgIpc) is 2.47. The van der Waals surface area contributed by atoms with Crippen LogP contribution in [0.4, 0.5) is 11.6 Å². The van der Waals surface area contributed by atoms with Crippen molar-refractivity contribution in [3.8, 4) is 0 Å². The Bertz CT molecular complexity index is 456. The van der Waals surface area contributed by atoms with Crippen LogP contribution in [0.2, 0.25) is 0 Å². The molecule has 3 N–H and O–H groups in total. The molecule has 1 saturated carbocycles. The summed E-state index contributed by atoms with van der Waals surface area (Å²) in [6.07, 6.45) is 5.35. The van der Waals surface area contributed by atoms with Crippen LogP contribution in [-0.4, -0.2) is 33.8 Å². The Morgan fingerprint density at radius 2 is 1.95 bits per heavy atom. The highest BCUT2D eigenvalue weighted by molar-refractivity contribution is 5.49. The number of aliphatic hydroxyl groups excluding tert-OH is 1. The van der Waals surface area contributed by atoms with Gasteiger partial charge in [0, 0.05) is 12.6 Å². The second-order valence-electron chi connectivity index (χ2n) is 6.36. The third-order valence-electron chi connectivity index (χ3n) is 4.32. The molecule has 5 nitrogen and oxygen atoms in total. The standard InChI is InChI=1S/C16H28N4O/c1-4-9-17-14-10-15(19-13(3)18-14)20-16(11-21)7-5-12(2)6-8-16/h10,12,21H,4-9,11H2,1-3H3,(H2,17,18,19,20). The summed E-state index contributed by atoms with van der Waals surface area (Å²) in [5.41, 5.74) is -0.227. The molecule has 1 aromatic heterocycles. The number of hydrogen-bond donors (Lipinski definition) is 3. The lowest BCUT2D eigenvalue weighted by molar-refractivity contribution is 0.155. The minimum atomic E-state index is -0.227. The highest BCUT2D eigenvalue weighted by Crippen LogP contribution is 2.34. The van der Waals surface area contributed by atoms with Gasteiger partial charge in [0.15, 0.2) is 0 Å². The van der Waals surface area contributed by atoms with Gasteiger partial charge in [-0.1, -0.05) is 13.8 Å². The first-order valence-electron chi connectivity index (χ1n) is 8.05. The third-order valence-corrected chi connectivity index (χ3v) is 4.32. The normalized spacial score (nSPS) is 25.6. The lowest BCUT2D eigenvalue weighted by atomic mass is 9.77. The summed E-state index contributed by atoms with van der Waals surface area (Å²) in [6.45, 7) is 7.36. The minimum Gasteiger partial charge on any atom is -0.394 e. The summed E-state index contributed by atoms with van der Waals surface area (Å²) in [4.78, 5) is 8.88. The van der Waals surface area contributed by atoms with Crippen molar-refractivity contribution in [2.75, 3.05) is 23.8 Å². The number of rotatable bonds is 6. The van der Waals surface area contributed by atoms with E-state index in [1.165, 1.54) is 0 Å². The molecular formula is C16H28N4O. The molecule has 0 aliphatic heterocycles. The van der Waals surface area contributed by atoms with E-state index in [1.807, 2.05) is 13.0 Å². The second kappa shape index (κ2) is 7.07. The molecule has 0 unspecified atom stereocenters. The van der Waals surface area contributed by atoms with Crippen LogP contribution in [0.3, 0.4) is 0 Å². The van der Waals surface area contributed by atoms with E-state index in [9.17, 15) is 5.11 Å². The lowest BCUT2D eigenvalue weighted by Crippen LogP contribution is -2.45. The SMILES string of the molecule is CCCNc1cc(NC2(CO)CCC(C)CC2)nc(C)n1. The number of aryl methyl sites for hydroxylation is 1. The Hall–Kier alpha value is -1.36. The molecular weight excluding hydrogens is 264 g/mol. The summed E-state index contributed by atoms with van der Waals surface area (Å²) in [5, 5.41) is 16.6. The maximum absolute atomic E-state index is 9.85. The van der Waals surface area contributed by atoms with Gasteiger partial charge >= 0.3 is 0 Å². The molecule has 1 aromatic rings. The van der Waals surface area contributed by atoms with Crippen molar-refractivity contribution in [2.24, 2.45) is 5.92 Å². The monoisotopic (exact) mass is 292 g/mol. The summed E-state index contributed by atoms with van der Waals surface area (Å²) in [5.74, 6) is 3.16. The van der Waals surface area contributed by atoms with Gasteiger partial charge < -0.3 is 15.7 Å². The van der Waals surface area contributed by atoms with E-state index in [1.54, 1.807) is 0 Å². The van der Waals surface area contributed by atoms with Gasteiger partial charge in [-0.15, -0.1) is 0 Å². The zero-order valence-corrected chi connectivity index (χ0v) is 13.4. The Balaban J connectivity index is 2.11. The van der Waals surface area contributed by atoms with Crippen LogP contribution in [0.1, 0.15) is 51.8 Å². The summed E-state index contributed by atoms with van der Waals surface area (Å²) < 4.78 is 0. The van der Waals surface area contributed by atoms with Crippen molar-refractivity contribution in [1.82, 2.24) is 9.97 Å². The van der Waals surface area contributed by atoms with Gasteiger partial charge in [-0.2, -0.15) is 0 Å². The van der Waals surface area contributed by atoms with Gasteiger partial charge in [0.1, 0.15) is 17.5 Å². The average molecular weight is 292 g/mol. The Morgan fingerprint density at radius 1 is 1.29 bits per heavy atom. The molecule has 0 radical (unpaired) electrons. The largest absolute Gasteiger partial charge is 0.394 e. The molecule has 118 valence electrons. The molecule has 0 spiro atoms. The number of aliphatic hydroxyl groups is 1. The first-order chi connectivity index (χ1) is 10.1. The van der Waals surface area contributed by atoms with Gasteiger partial charge in [0.2, 0.25) is 0 Å². The molecule has 0 atom stereocenters. The smallest absolute Gasteiger partial charge is 0.132 e. The van der Waals surface area contributed by atoms with Gasteiger partial charge in [-0.05, 0) is 44.9 Å². The Kier molecular flexibility index (Phi) is 5.39. The molecule has 0 aromatic carbocycles. The van der Waals surface area contributed by atoms with E-state index in [0.29, 0.717) is 0 Å². The van der Waals surface area contributed by atoms with Gasteiger partial charge in [-0.25, -0.2) is 9.97 Å². The summed E-state index contributed by atoms with van der Waals surface area (Å²) in [6, 6.07) is 1.94. The molecule has 1 aliphatic carbocycles. The molecule has 1 heterocycles. The molecule has 1 fully saturated rings. The van der Waals surface area contributed by atoms with Crippen molar-refractivity contribution in [2.45, 2.75) is 58.4 Å². The highest BCUT2D eigenvalue weighted by atomic mass is 16.3. The Labute approximate surface area is 127 Å². The topological polar surface area (TPSA) is 70.1 Å². The maximum Gasteiger partial charge on any atom is 0.132 e. The third kappa shape index (κ3) is 4.30. The number of nitrogens with one attached hydrogen (secondary N) is 2. The van der Waals surface area contributed by atoms with Crippen LogP contribution in [0.15, 0.2) is 6.07 Å². The second-order valence-corrected chi connectivity index (χ2v) is 6.36. The number of aromatic nitrogens is 2. The van der Waals surface area contributed by atoms with Crippen molar-refractivity contribution in [1.29, 1.82) is 0 Å². The number of nitrogens with zero attached hydrogens (tertiary/aromatic N) is 2. The van der Waals surface area contributed by atoms with E-state index in [2.05, 4.69) is 34.4 Å². The maximum atomic E-state index is 9.85. The molecule has 0 bridgehead atoms. The zero-order chi connectivity index (χ0) is 15.3. The summed E-state index contributed by atoms with van der Waals surface area (Å²) in [7, 11) is 0. The fourth-order valence-electron chi connectivity index (χ4n) is 2.88. The lowest BCUT2D eigenvalue weighted by Gasteiger charge is -2.39. The van der Waals surface area contributed by atoms with E-state index in [4.69, 9.17) is 0 Å². The van der Waals surface area contributed by atoms with Gasteiger partial charge in [0.25, 0.3) is 0 Å². The fourth-order valence-corrected chi connectivity index (χ4v) is 2.88. The first kappa shape index (κ1) is 16.0. The van der Waals surface area contributed by atoms with E-state index >= 15 is 0 Å². The van der Waals surface area contributed by atoms with Crippen LogP contribution in [0.5, 0.6) is 0 Å². The van der Waals surface area contributed by atoms with E-state index < -0.39 is 0 Å². The van der Waals surface area contributed by atoms with Crippen LogP contribution >= 0.6 is 0 Å². The molecule has 2 rings (SSSR count). The molecule has 0 saturated heterocycles. The predicted octanol–water partition coefficient (Wildman–Crippen LogP) is 2.96. The zero-order valence-electron chi connectivity index (χ0n) is 13.4. The van der Waals surface area contributed by atoms with Crippen molar-refractivity contribution in [3.05, 3.63) is 11.9 Å². The van der Waals surface area contributed by atoms with Crippen LogP contribution < -0.4 is 10.6 Å². The van der Waals surface area contributed by atoms with Crippen molar-refractivity contribution in [3.63, 3.8) is 0 Å². The van der Waals surface area contributed by atoms with Crippen LogP contribution in [0, 0.1) is 12.8 Å². The molecule has 21 heavy (non-hydrogen) atoms. The van der Waals surface area contributed by atoms with Gasteiger partial charge in [-0.3, -0.25) is 0 Å². The van der Waals surface area contributed by atoms with E-state index in [0.717, 1.165) is 62.0 Å². The van der Waals surface area contributed by atoms with Crippen molar-refractivity contribution >= 4 is 11.6 Å². The quantitative estimate of drug-likeness (QED) is 0.752. The van der Waals surface area contributed by atoms with Crippen LogP contribution in [-0.2, 0) is 0 Å². The minimum absolute atomic E-state index is 0.153. The molecule has 1 aliphatic rings. The van der Waals surface area contributed by atoms with Gasteiger partial charge in [0.05, 0.1) is 12.1 Å². The Morgan fingerprint density at radius 3 is 2.57 bits per heavy atom. The predicted molar refractivity (Wildman–Crippen MR) is 86.6 cm³/mol. The highest BCUT2D eigenvalue weighted by Gasteiger charge is 2.33. The van der Waals surface area contributed by atoms with Crippen LogP contribution in [0.25, 0.3) is 0 Å². The number of hydrogen-bond acceptors (Lipinski definition) is 5. The summed E-state index contributed by atoms with van der Waals surface area (Å²) >= 11 is 0. The van der Waals surface area contributed by atoms with Crippen molar-refractivity contribution < 1.29 is 5.11 Å². The molecule has 0 amide bonds. The first-order valence-corrected chi connectivity index (χ1v) is 8.05.